The van der Waals surface area contributed by atoms with Crippen molar-refractivity contribution in [2.45, 2.75) is 19.4 Å². The van der Waals surface area contributed by atoms with E-state index in [1.54, 1.807) is 6.07 Å². The molecule has 1 aliphatic heterocycles. The number of rotatable bonds is 4. The summed E-state index contributed by atoms with van der Waals surface area (Å²) in [6.07, 6.45) is 1.47. The first-order valence-corrected chi connectivity index (χ1v) is 6.39. The highest BCUT2D eigenvalue weighted by atomic mass is 35.5. The summed E-state index contributed by atoms with van der Waals surface area (Å²) in [6, 6.07) is 7.41. The number of hydroxylamine groups is 1. The molecule has 1 aliphatic rings. The Bertz CT molecular complexity index is 409. The van der Waals surface area contributed by atoms with Crippen molar-refractivity contribution in [1.82, 2.24) is 5.48 Å². The Morgan fingerprint density at radius 2 is 2.16 bits per heavy atom. The van der Waals surface area contributed by atoms with Crippen molar-refractivity contribution in [3.05, 3.63) is 34.9 Å². The van der Waals surface area contributed by atoms with Crippen molar-refractivity contribution in [2.24, 2.45) is 5.92 Å². The van der Waals surface area contributed by atoms with E-state index in [1.807, 2.05) is 18.2 Å². The molecule has 106 valence electrons. The molecule has 0 aliphatic carbocycles. The number of carbonyl (C=O) groups is 1. The van der Waals surface area contributed by atoms with Crippen LogP contribution in [0.4, 0.5) is 0 Å². The van der Waals surface area contributed by atoms with Gasteiger partial charge in [0, 0.05) is 18.2 Å². The van der Waals surface area contributed by atoms with Gasteiger partial charge in [0.1, 0.15) is 0 Å². The molecule has 0 amide bonds. The number of halogens is 2. The van der Waals surface area contributed by atoms with E-state index in [2.05, 4.69) is 5.48 Å². The van der Waals surface area contributed by atoms with Gasteiger partial charge in [-0.1, -0.05) is 23.7 Å². The maximum atomic E-state index is 11.7. The first-order chi connectivity index (χ1) is 8.75. The van der Waals surface area contributed by atoms with E-state index in [1.165, 1.54) is 0 Å². The Labute approximate surface area is 123 Å². The van der Waals surface area contributed by atoms with Crippen LogP contribution >= 0.6 is 24.0 Å². The maximum Gasteiger partial charge on any atom is 0.327 e. The van der Waals surface area contributed by atoms with Gasteiger partial charge in [0.2, 0.25) is 0 Å². The zero-order valence-corrected chi connectivity index (χ0v) is 12.0. The highest BCUT2D eigenvalue weighted by Crippen LogP contribution is 2.16. The van der Waals surface area contributed by atoms with E-state index in [0.29, 0.717) is 24.8 Å². The second kappa shape index (κ2) is 8.38. The Morgan fingerprint density at radius 3 is 2.84 bits per heavy atom. The van der Waals surface area contributed by atoms with Crippen LogP contribution in [0, 0.1) is 5.92 Å². The first-order valence-electron chi connectivity index (χ1n) is 6.01. The SMILES string of the molecule is Cl.O=C(ONCc1cccc(Cl)c1)C1CCOCC1. The summed E-state index contributed by atoms with van der Waals surface area (Å²) >= 11 is 5.86. The molecular weight excluding hydrogens is 289 g/mol. The molecule has 1 saturated heterocycles. The molecule has 0 unspecified atom stereocenters. The zero-order chi connectivity index (χ0) is 12.8. The van der Waals surface area contributed by atoms with Crippen LogP contribution in [0.3, 0.4) is 0 Å². The number of nitrogens with one attached hydrogen (secondary N) is 1. The molecule has 1 N–H and O–H groups in total. The molecule has 0 saturated carbocycles. The monoisotopic (exact) mass is 305 g/mol. The van der Waals surface area contributed by atoms with Crippen LogP contribution in [0.1, 0.15) is 18.4 Å². The van der Waals surface area contributed by atoms with Crippen molar-refractivity contribution in [3.63, 3.8) is 0 Å². The second-order valence-electron chi connectivity index (χ2n) is 4.26. The average molecular weight is 306 g/mol. The third kappa shape index (κ3) is 5.37. The quantitative estimate of drug-likeness (QED) is 0.869. The van der Waals surface area contributed by atoms with Gasteiger partial charge in [0.25, 0.3) is 0 Å². The molecule has 1 aromatic carbocycles. The van der Waals surface area contributed by atoms with Crippen LogP contribution < -0.4 is 5.48 Å². The lowest BCUT2D eigenvalue weighted by Crippen LogP contribution is -2.29. The molecule has 19 heavy (non-hydrogen) atoms. The van der Waals surface area contributed by atoms with Crippen molar-refractivity contribution in [3.8, 4) is 0 Å². The third-order valence-corrected chi connectivity index (χ3v) is 3.13. The summed E-state index contributed by atoms with van der Waals surface area (Å²) in [6.45, 7) is 1.72. The van der Waals surface area contributed by atoms with Crippen molar-refractivity contribution < 1.29 is 14.4 Å². The maximum absolute atomic E-state index is 11.7. The topological polar surface area (TPSA) is 47.6 Å². The van der Waals surface area contributed by atoms with Crippen LogP contribution in [-0.4, -0.2) is 19.2 Å². The van der Waals surface area contributed by atoms with Gasteiger partial charge in [-0.25, -0.2) is 0 Å². The predicted molar refractivity (Wildman–Crippen MR) is 75.2 cm³/mol. The zero-order valence-electron chi connectivity index (χ0n) is 10.4. The number of benzene rings is 1. The molecule has 1 fully saturated rings. The largest absolute Gasteiger partial charge is 0.381 e. The summed E-state index contributed by atoms with van der Waals surface area (Å²) in [5.74, 6) is -0.258. The highest BCUT2D eigenvalue weighted by molar-refractivity contribution is 6.30. The van der Waals surface area contributed by atoms with Crippen molar-refractivity contribution in [1.29, 1.82) is 0 Å². The van der Waals surface area contributed by atoms with Gasteiger partial charge in [-0.15, -0.1) is 17.9 Å². The van der Waals surface area contributed by atoms with Gasteiger partial charge >= 0.3 is 5.97 Å². The van der Waals surface area contributed by atoms with Crippen molar-refractivity contribution >= 4 is 30.0 Å². The highest BCUT2D eigenvalue weighted by Gasteiger charge is 2.23. The normalized spacial score (nSPS) is 15.6. The molecule has 4 nitrogen and oxygen atoms in total. The Hall–Kier alpha value is -0.810. The predicted octanol–water partition coefficient (Wildman–Crippen LogP) is 2.74. The number of hydrogen-bond acceptors (Lipinski definition) is 4. The van der Waals surface area contributed by atoms with Crippen LogP contribution in [0.2, 0.25) is 5.02 Å². The second-order valence-corrected chi connectivity index (χ2v) is 4.70. The standard InChI is InChI=1S/C13H16ClNO3.ClH/c14-12-3-1-2-10(8-12)9-15-18-13(16)11-4-6-17-7-5-11;/h1-3,8,11,15H,4-7,9H2;1H. The van der Waals surface area contributed by atoms with Gasteiger partial charge in [-0.3, -0.25) is 4.79 Å². The minimum atomic E-state index is -0.208. The van der Waals surface area contributed by atoms with E-state index in [9.17, 15) is 4.79 Å². The fraction of sp³-hybridized carbons (Fsp3) is 0.462. The number of ether oxygens (including phenoxy) is 1. The Balaban J connectivity index is 0.00000180. The number of hydrogen-bond donors (Lipinski definition) is 1. The van der Waals surface area contributed by atoms with Crippen molar-refractivity contribution in [2.75, 3.05) is 13.2 Å². The molecule has 0 atom stereocenters. The first kappa shape index (κ1) is 16.2. The molecule has 0 spiro atoms. The fourth-order valence-electron chi connectivity index (χ4n) is 1.85. The van der Waals surface area contributed by atoms with Gasteiger partial charge in [-0.05, 0) is 30.5 Å². The average Bonchev–Trinajstić information content (AvgIpc) is 2.40. The van der Waals surface area contributed by atoms with E-state index in [-0.39, 0.29) is 24.3 Å². The molecule has 0 radical (unpaired) electrons. The molecule has 0 aromatic heterocycles. The van der Waals surface area contributed by atoms with E-state index in [4.69, 9.17) is 21.2 Å². The van der Waals surface area contributed by atoms with Crippen LogP contribution in [-0.2, 0) is 20.9 Å². The minimum absolute atomic E-state index is 0. The molecule has 1 aromatic rings. The van der Waals surface area contributed by atoms with E-state index in [0.717, 1.165) is 18.4 Å². The molecule has 2 rings (SSSR count). The summed E-state index contributed by atoms with van der Waals surface area (Å²) in [4.78, 5) is 16.7. The molecule has 1 heterocycles. The van der Waals surface area contributed by atoms with Gasteiger partial charge in [-0.2, -0.15) is 0 Å². The van der Waals surface area contributed by atoms with Gasteiger partial charge < -0.3 is 9.57 Å². The summed E-state index contributed by atoms with van der Waals surface area (Å²) in [7, 11) is 0. The van der Waals surface area contributed by atoms with Gasteiger partial charge in [0.15, 0.2) is 0 Å². The smallest absolute Gasteiger partial charge is 0.327 e. The molecular formula is C13H17Cl2NO3. The summed E-state index contributed by atoms with van der Waals surface area (Å²) < 4.78 is 5.19. The fourth-order valence-corrected chi connectivity index (χ4v) is 2.07. The van der Waals surface area contributed by atoms with Crippen LogP contribution in [0.5, 0.6) is 0 Å². The molecule has 6 heteroatoms. The lowest BCUT2D eigenvalue weighted by atomic mass is 10.0. The third-order valence-electron chi connectivity index (χ3n) is 2.89. The van der Waals surface area contributed by atoms with Crippen LogP contribution in [0.15, 0.2) is 24.3 Å². The van der Waals surface area contributed by atoms with E-state index >= 15 is 0 Å². The minimum Gasteiger partial charge on any atom is -0.381 e. The summed E-state index contributed by atoms with van der Waals surface area (Å²) in [5, 5.41) is 0.671. The Kier molecular flexibility index (Phi) is 7.16. The van der Waals surface area contributed by atoms with E-state index < -0.39 is 0 Å². The van der Waals surface area contributed by atoms with Gasteiger partial charge in [0.05, 0.1) is 12.5 Å². The number of carbonyl (C=O) groups excluding carboxylic acids is 1. The lowest BCUT2D eigenvalue weighted by molar-refractivity contribution is -0.159. The Morgan fingerprint density at radius 1 is 1.42 bits per heavy atom. The summed E-state index contributed by atoms with van der Waals surface area (Å²) in [5.41, 5.74) is 3.65. The molecule has 0 bridgehead atoms. The lowest BCUT2D eigenvalue weighted by Gasteiger charge is -2.20. The van der Waals surface area contributed by atoms with Crippen LogP contribution in [0.25, 0.3) is 0 Å².